The summed E-state index contributed by atoms with van der Waals surface area (Å²) in [6.07, 6.45) is 2.82. The van der Waals surface area contributed by atoms with Crippen LogP contribution in [0.1, 0.15) is 5.56 Å². The van der Waals surface area contributed by atoms with E-state index in [1.165, 1.54) is 0 Å². The van der Waals surface area contributed by atoms with Crippen LogP contribution in [-0.4, -0.2) is 16.3 Å². The molecule has 0 saturated heterocycles. The first-order valence-corrected chi connectivity index (χ1v) is 4.24. The summed E-state index contributed by atoms with van der Waals surface area (Å²) in [7, 11) is 0. The third kappa shape index (κ3) is 1.42. The lowest BCUT2D eigenvalue weighted by atomic mass is 10.1. The van der Waals surface area contributed by atoms with E-state index in [0.29, 0.717) is 11.4 Å². The summed E-state index contributed by atoms with van der Waals surface area (Å²) in [5.74, 6) is 0. The molecule has 1 aromatic heterocycles. The molecule has 0 saturated carbocycles. The third-order valence-corrected chi connectivity index (χ3v) is 2.14. The number of imidazole rings is 1. The number of hydrogen-bond acceptors (Lipinski definition) is 2. The molecule has 0 atom stereocenters. The summed E-state index contributed by atoms with van der Waals surface area (Å²) < 4.78 is 0. The summed E-state index contributed by atoms with van der Waals surface area (Å²) in [5.41, 5.74) is 2.51. The number of nitrogens with one attached hydrogen (secondary N) is 1. The van der Waals surface area contributed by atoms with E-state index in [-0.39, 0.29) is 0 Å². The smallest absolute Gasteiger partial charge is 0.124 e. The molecule has 0 bridgehead atoms. The highest BCUT2D eigenvalue weighted by atomic mass is 35.5. The second-order valence-electron chi connectivity index (χ2n) is 2.75. The van der Waals surface area contributed by atoms with Crippen LogP contribution in [0.15, 0.2) is 18.5 Å². The number of aromatic nitrogens is 2. The van der Waals surface area contributed by atoms with E-state index in [1.807, 2.05) is 6.07 Å². The minimum absolute atomic E-state index is 0.384. The maximum Gasteiger partial charge on any atom is 0.124 e. The molecule has 3 nitrogen and oxygen atoms in total. The van der Waals surface area contributed by atoms with Crippen molar-refractivity contribution in [1.82, 2.24) is 9.97 Å². The fraction of sp³-hybridized carbons (Fsp3) is 0.111. The van der Waals surface area contributed by atoms with E-state index >= 15 is 0 Å². The first kappa shape index (κ1) is 8.26. The van der Waals surface area contributed by atoms with Gasteiger partial charge in [0.05, 0.1) is 16.9 Å². The van der Waals surface area contributed by atoms with Crippen molar-refractivity contribution in [2.24, 2.45) is 0 Å². The Morgan fingerprint density at radius 1 is 1.54 bits per heavy atom. The molecule has 0 aliphatic rings. The molecule has 1 heterocycles. The average Bonchev–Trinajstić information content (AvgIpc) is 2.53. The molecule has 2 rings (SSSR count). The van der Waals surface area contributed by atoms with Gasteiger partial charge >= 0.3 is 0 Å². The number of rotatable bonds is 2. The number of H-pyrrole nitrogens is 1. The maximum absolute atomic E-state index is 10.3. The Kier molecular flexibility index (Phi) is 2.02. The van der Waals surface area contributed by atoms with Gasteiger partial charge in [-0.15, -0.1) is 0 Å². The zero-order valence-corrected chi connectivity index (χ0v) is 7.51. The summed E-state index contributed by atoms with van der Waals surface area (Å²) in [4.78, 5) is 17.3. The number of aromatic amines is 1. The first-order valence-electron chi connectivity index (χ1n) is 3.86. The van der Waals surface area contributed by atoms with E-state index in [9.17, 15) is 4.79 Å². The van der Waals surface area contributed by atoms with Crippen molar-refractivity contribution in [3.8, 4) is 0 Å². The van der Waals surface area contributed by atoms with Gasteiger partial charge < -0.3 is 9.78 Å². The topological polar surface area (TPSA) is 45.8 Å². The van der Waals surface area contributed by atoms with Gasteiger partial charge in [-0.3, -0.25) is 0 Å². The van der Waals surface area contributed by atoms with Gasteiger partial charge in [0.15, 0.2) is 0 Å². The van der Waals surface area contributed by atoms with Gasteiger partial charge in [-0.05, 0) is 17.7 Å². The Hall–Kier alpha value is -1.35. The quantitative estimate of drug-likeness (QED) is 0.743. The fourth-order valence-corrected chi connectivity index (χ4v) is 1.57. The summed E-state index contributed by atoms with van der Waals surface area (Å²) in [6.45, 7) is 0. The molecule has 13 heavy (non-hydrogen) atoms. The van der Waals surface area contributed by atoms with Crippen LogP contribution in [-0.2, 0) is 11.2 Å². The Morgan fingerprint density at radius 2 is 2.38 bits per heavy atom. The molecule has 0 spiro atoms. The third-order valence-electron chi connectivity index (χ3n) is 1.86. The second kappa shape index (κ2) is 3.18. The molecule has 0 unspecified atom stereocenters. The molecule has 1 aromatic carbocycles. The van der Waals surface area contributed by atoms with Gasteiger partial charge in [0.1, 0.15) is 11.8 Å². The maximum atomic E-state index is 10.3. The number of nitrogens with zero attached hydrogens (tertiary/aromatic N) is 1. The van der Waals surface area contributed by atoms with Gasteiger partial charge in [-0.1, -0.05) is 11.6 Å². The van der Waals surface area contributed by atoms with Gasteiger partial charge in [0, 0.05) is 6.42 Å². The van der Waals surface area contributed by atoms with Crippen LogP contribution in [0.3, 0.4) is 0 Å². The Morgan fingerprint density at radius 3 is 3.15 bits per heavy atom. The molecule has 0 aliphatic carbocycles. The molecule has 0 amide bonds. The standard InChI is InChI=1S/C9H7ClN2O/c10-7-3-6(1-2-13)4-8-9(7)12-5-11-8/h2-5H,1H2,(H,11,12). The van der Waals surface area contributed by atoms with Crippen LogP contribution in [0.4, 0.5) is 0 Å². The van der Waals surface area contributed by atoms with E-state index < -0.39 is 0 Å². The Bertz CT molecular complexity index is 450. The summed E-state index contributed by atoms with van der Waals surface area (Å²) >= 11 is 5.94. The number of halogens is 1. The molecular weight excluding hydrogens is 188 g/mol. The van der Waals surface area contributed by atoms with Gasteiger partial charge in [-0.25, -0.2) is 4.98 Å². The van der Waals surface area contributed by atoms with Crippen LogP contribution in [0.25, 0.3) is 11.0 Å². The molecular formula is C9H7ClN2O. The Balaban J connectivity index is 2.62. The first-order chi connectivity index (χ1) is 6.31. The van der Waals surface area contributed by atoms with E-state index in [1.54, 1.807) is 12.4 Å². The minimum atomic E-state index is 0.384. The fourth-order valence-electron chi connectivity index (χ4n) is 1.28. The second-order valence-corrected chi connectivity index (χ2v) is 3.15. The van der Waals surface area contributed by atoms with E-state index in [4.69, 9.17) is 11.6 Å². The molecule has 66 valence electrons. The van der Waals surface area contributed by atoms with Crippen molar-refractivity contribution >= 4 is 28.9 Å². The lowest BCUT2D eigenvalue weighted by molar-refractivity contribution is -0.107. The van der Waals surface area contributed by atoms with Gasteiger partial charge in [-0.2, -0.15) is 0 Å². The molecule has 2 aromatic rings. The number of aldehydes is 1. The van der Waals surface area contributed by atoms with Crippen molar-refractivity contribution in [3.05, 3.63) is 29.0 Å². The average molecular weight is 195 g/mol. The van der Waals surface area contributed by atoms with Crippen molar-refractivity contribution in [2.75, 3.05) is 0 Å². The highest BCUT2D eigenvalue weighted by Gasteiger charge is 2.03. The van der Waals surface area contributed by atoms with Crippen LogP contribution < -0.4 is 0 Å². The largest absolute Gasteiger partial charge is 0.345 e. The number of carbonyl (C=O) groups excluding carboxylic acids is 1. The lowest BCUT2D eigenvalue weighted by Crippen LogP contribution is -1.86. The number of benzene rings is 1. The van der Waals surface area contributed by atoms with Crippen molar-refractivity contribution in [1.29, 1.82) is 0 Å². The van der Waals surface area contributed by atoms with Crippen LogP contribution >= 0.6 is 11.6 Å². The van der Waals surface area contributed by atoms with Crippen molar-refractivity contribution in [3.63, 3.8) is 0 Å². The SMILES string of the molecule is O=CCc1cc(Cl)c2nc[nH]c2c1. The van der Waals surface area contributed by atoms with E-state index in [0.717, 1.165) is 22.9 Å². The molecule has 4 heteroatoms. The summed E-state index contributed by atoms with van der Waals surface area (Å²) in [6, 6.07) is 3.64. The predicted molar refractivity (Wildman–Crippen MR) is 50.9 cm³/mol. The van der Waals surface area contributed by atoms with Crippen LogP contribution in [0.2, 0.25) is 5.02 Å². The molecule has 0 fully saturated rings. The van der Waals surface area contributed by atoms with E-state index in [2.05, 4.69) is 9.97 Å². The molecule has 0 aliphatic heterocycles. The number of hydrogen-bond donors (Lipinski definition) is 1. The minimum Gasteiger partial charge on any atom is -0.345 e. The molecule has 1 N–H and O–H groups in total. The van der Waals surface area contributed by atoms with Gasteiger partial charge in [0.25, 0.3) is 0 Å². The zero-order valence-electron chi connectivity index (χ0n) is 6.75. The zero-order chi connectivity index (χ0) is 9.26. The number of carbonyl (C=O) groups is 1. The number of fused-ring (bicyclic) bond motifs is 1. The Labute approximate surface area is 79.7 Å². The molecule has 0 radical (unpaired) electrons. The van der Waals surface area contributed by atoms with Crippen LogP contribution in [0.5, 0.6) is 0 Å². The predicted octanol–water partition coefficient (Wildman–Crippen LogP) is 1.96. The van der Waals surface area contributed by atoms with Crippen molar-refractivity contribution in [2.45, 2.75) is 6.42 Å². The van der Waals surface area contributed by atoms with Crippen LogP contribution in [0, 0.1) is 0 Å². The normalized spacial score (nSPS) is 10.5. The highest BCUT2D eigenvalue weighted by molar-refractivity contribution is 6.35. The summed E-state index contributed by atoms with van der Waals surface area (Å²) in [5, 5.41) is 0.579. The lowest BCUT2D eigenvalue weighted by Gasteiger charge is -1.97. The highest BCUT2D eigenvalue weighted by Crippen LogP contribution is 2.22. The van der Waals surface area contributed by atoms with Gasteiger partial charge in [0.2, 0.25) is 0 Å². The van der Waals surface area contributed by atoms with Crippen molar-refractivity contribution < 1.29 is 4.79 Å². The monoisotopic (exact) mass is 194 g/mol.